The zero-order valence-electron chi connectivity index (χ0n) is 13.8. The van der Waals surface area contributed by atoms with Crippen molar-refractivity contribution in [2.24, 2.45) is 0 Å². The molecular weight excluding hydrogens is 294 g/mol. The number of carbonyl (C=O) groups excluding carboxylic acids is 1. The Labute approximate surface area is 159 Å². The first-order valence-electron chi connectivity index (χ1n) is 8.30. The van der Waals surface area contributed by atoms with Crippen LogP contribution in [0.1, 0.15) is 90.4 Å². The Balaban J connectivity index is 0. The Bertz CT molecular complexity index is 260. The molecule has 0 aromatic rings. The van der Waals surface area contributed by atoms with Gasteiger partial charge >= 0.3 is 0 Å². The number of ketones is 1. The smallest absolute Gasteiger partial charge is 0.261 e. The molecule has 120 valence electrons. The van der Waals surface area contributed by atoms with Crippen molar-refractivity contribution in [1.82, 2.24) is 0 Å². The summed E-state index contributed by atoms with van der Waals surface area (Å²) >= 11 is 0. The quantitative estimate of drug-likeness (QED) is 0.192. The molecule has 0 aromatic carbocycles. The van der Waals surface area contributed by atoms with Crippen molar-refractivity contribution in [3.63, 3.8) is 0 Å². The summed E-state index contributed by atoms with van der Waals surface area (Å²) in [6, 6.07) is 0. The summed E-state index contributed by atoms with van der Waals surface area (Å²) in [7, 11) is 0. The third-order valence-electron chi connectivity index (χ3n) is 3.61. The molecule has 5 heteroatoms. The monoisotopic (exact) mass is 325 g/mol. The second-order valence-corrected chi connectivity index (χ2v) is 5.67. The topological polar surface area (TPSA) is 60.2 Å². The summed E-state index contributed by atoms with van der Waals surface area (Å²) in [6.45, 7) is 1.74. The third-order valence-corrected chi connectivity index (χ3v) is 3.61. The second-order valence-electron chi connectivity index (χ2n) is 5.67. The Hall–Kier alpha value is 0.330. The Morgan fingerprint density at radius 3 is 1.57 bits per heavy atom. The molecule has 0 aliphatic rings. The molecule has 0 rings (SSSR count). The number of hydrogen-bond donors (Lipinski definition) is 0. The van der Waals surface area contributed by atoms with Crippen molar-refractivity contribution in [1.29, 1.82) is 0 Å². The molecule has 0 aromatic heterocycles. The van der Waals surface area contributed by atoms with Crippen molar-refractivity contribution in [2.75, 3.05) is 6.54 Å². The first-order chi connectivity index (χ1) is 9.66. The van der Waals surface area contributed by atoms with Gasteiger partial charge in [-0.15, -0.1) is 0 Å². The predicted molar refractivity (Wildman–Crippen MR) is 88.3 cm³/mol. The van der Waals surface area contributed by atoms with E-state index in [1.54, 1.807) is 0 Å². The Kier molecular flexibility index (Phi) is 20.6. The van der Waals surface area contributed by atoms with E-state index in [1.165, 1.54) is 57.8 Å². The van der Waals surface area contributed by atoms with Crippen LogP contribution in [0.2, 0.25) is 0 Å². The maximum absolute atomic E-state index is 11.1. The van der Waals surface area contributed by atoms with Gasteiger partial charge in [-0.25, -0.2) is 0 Å². The van der Waals surface area contributed by atoms with Gasteiger partial charge in [0.05, 0.1) is 0 Å². The number of unbranched alkanes of at least 4 members (excludes halogenated alkanes) is 11. The first-order valence-corrected chi connectivity index (χ1v) is 8.30. The van der Waals surface area contributed by atoms with Gasteiger partial charge in [0.15, 0.2) is 0 Å². The summed E-state index contributed by atoms with van der Waals surface area (Å²) in [5.41, 5.74) is 0. The predicted octanol–water partition coefficient (Wildman–Crippen LogP) is 4.54. The number of carbonyl (C=O) groups is 1. The van der Waals surface area contributed by atoms with E-state index in [1.807, 2.05) is 0 Å². The fraction of sp³-hybridized carbons (Fsp3) is 0.938. The standard InChI is InChI=1S/C16H31NO3.Ca/c1-2-3-4-5-6-7-8-9-10-11-12-13-14-16(18)15-17(19)20;/h2-15H2,1H3;. The minimum Gasteiger partial charge on any atom is -0.292 e. The minimum absolute atomic E-state index is 0. The van der Waals surface area contributed by atoms with Crippen LogP contribution in [0.25, 0.3) is 0 Å². The molecule has 4 nitrogen and oxygen atoms in total. The molecule has 0 spiro atoms. The zero-order chi connectivity index (χ0) is 15.1. The number of nitro groups is 1. The molecule has 0 heterocycles. The van der Waals surface area contributed by atoms with Crippen LogP contribution >= 0.6 is 0 Å². The molecule has 0 saturated heterocycles. The molecule has 2 radical (unpaired) electrons. The van der Waals surface area contributed by atoms with Gasteiger partial charge in [-0.1, -0.05) is 77.6 Å². The van der Waals surface area contributed by atoms with Crippen molar-refractivity contribution in [3.05, 3.63) is 10.1 Å². The van der Waals surface area contributed by atoms with Crippen LogP contribution in [0.5, 0.6) is 0 Å². The van der Waals surface area contributed by atoms with Gasteiger partial charge < -0.3 is 0 Å². The van der Waals surface area contributed by atoms with E-state index < -0.39 is 11.5 Å². The summed E-state index contributed by atoms with van der Waals surface area (Å²) in [4.78, 5) is 20.7. The zero-order valence-corrected chi connectivity index (χ0v) is 16.0. The molecular formula is C16H31CaNO3. The fourth-order valence-electron chi connectivity index (χ4n) is 2.39. The van der Waals surface area contributed by atoms with Crippen LogP contribution in [-0.2, 0) is 4.79 Å². The van der Waals surface area contributed by atoms with Gasteiger partial charge in [0.2, 0.25) is 5.78 Å². The molecule has 0 N–H and O–H groups in total. The SMILES string of the molecule is CCCCCCCCCCCCCCC(=O)C[N+](=O)[O-].[Ca]. The van der Waals surface area contributed by atoms with Gasteiger partial charge in [-0.05, 0) is 6.42 Å². The Morgan fingerprint density at radius 2 is 1.19 bits per heavy atom. The summed E-state index contributed by atoms with van der Waals surface area (Å²) in [5, 5.41) is 10.1. The number of hydrogen-bond acceptors (Lipinski definition) is 3. The molecule has 0 unspecified atom stereocenters. The third kappa shape index (κ3) is 20.3. The molecule has 0 saturated carbocycles. The van der Waals surface area contributed by atoms with Gasteiger partial charge in [0.1, 0.15) is 0 Å². The molecule has 21 heavy (non-hydrogen) atoms. The summed E-state index contributed by atoms with van der Waals surface area (Å²) < 4.78 is 0. The maximum Gasteiger partial charge on any atom is 0.261 e. The normalized spacial score (nSPS) is 10.1. The van der Waals surface area contributed by atoms with Crippen LogP contribution < -0.4 is 0 Å². The minimum atomic E-state index is -0.539. The van der Waals surface area contributed by atoms with E-state index in [0.29, 0.717) is 6.42 Å². The van der Waals surface area contributed by atoms with Crippen LogP contribution in [-0.4, -0.2) is 55.0 Å². The summed E-state index contributed by atoms with van der Waals surface area (Å²) in [6.07, 6.45) is 15.4. The number of rotatable bonds is 15. The Morgan fingerprint density at radius 1 is 0.810 bits per heavy atom. The van der Waals surface area contributed by atoms with Crippen LogP contribution in [0, 0.1) is 10.1 Å². The van der Waals surface area contributed by atoms with E-state index in [-0.39, 0.29) is 43.5 Å². The van der Waals surface area contributed by atoms with Gasteiger partial charge in [-0.2, -0.15) is 0 Å². The average Bonchev–Trinajstić information content (AvgIpc) is 2.39. The van der Waals surface area contributed by atoms with Crippen LogP contribution in [0.4, 0.5) is 0 Å². The van der Waals surface area contributed by atoms with Crippen LogP contribution in [0.3, 0.4) is 0 Å². The van der Waals surface area contributed by atoms with Crippen molar-refractivity contribution in [2.45, 2.75) is 90.4 Å². The molecule has 0 aliphatic heterocycles. The van der Waals surface area contributed by atoms with Crippen molar-refractivity contribution < 1.29 is 9.72 Å². The number of nitrogens with zero attached hydrogens (tertiary/aromatic N) is 1. The average molecular weight is 326 g/mol. The number of Topliss-reactive ketones (excluding diaryl/α,β-unsaturated/α-hetero) is 1. The van der Waals surface area contributed by atoms with E-state index in [9.17, 15) is 14.9 Å². The van der Waals surface area contributed by atoms with E-state index in [4.69, 9.17) is 0 Å². The van der Waals surface area contributed by atoms with E-state index in [0.717, 1.165) is 19.3 Å². The molecule has 0 fully saturated rings. The summed E-state index contributed by atoms with van der Waals surface area (Å²) in [5.74, 6) is -0.234. The molecule has 0 amide bonds. The molecule has 0 atom stereocenters. The molecule has 0 bridgehead atoms. The first kappa shape index (κ1) is 23.6. The maximum atomic E-state index is 11.1. The van der Waals surface area contributed by atoms with Crippen molar-refractivity contribution >= 4 is 43.5 Å². The molecule has 0 aliphatic carbocycles. The van der Waals surface area contributed by atoms with Crippen LogP contribution in [0.15, 0.2) is 0 Å². The second kappa shape index (κ2) is 18.4. The van der Waals surface area contributed by atoms with Gasteiger partial charge in [0, 0.05) is 49.1 Å². The van der Waals surface area contributed by atoms with Gasteiger partial charge in [0.25, 0.3) is 6.54 Å². The van der Waals surface area contributed by atoms with Gasteiger partial charge in [-0.3, -0.25) is 14.9 Å². The van der Waals surface area contributed by atoms with E-state index in [2.05, 4.69) is 6.92 Å². The fourth-order valence-corrected chi connectivity index (χ4v) is 2.39. The largest absolute Gasteiger partial charge is 0.292 e. The van der Waals surface area contributed by atoms with Crippen molar-refractivity contribution in [3.8, 4) is 0 Å². The van der Waals surface area contributed by atoms with E-state index >= 15 is 0 Å².